The SMILES string of the molecule is Cc1cc(C(=O)Nc2cnccc2C(=O)O)ccc1F. The molecule has 5 nitrogen and oxygen atoms in total. The van der Waals surface area contributed by atoms with Crippen LogP contribution in [0.1, 0.15) is 26.3 Å². The Labute approximate surface area is 114 Å². The second-order valence-electron chi connectivity index (χ2n) is 4.14. The number of amides is 1. The number of rotatable bonds is 3. The van der Waals surface area contributed by atoms with Gasteiger partial charge in [-0.2, -0.15) is 0 Å². The van der Waals surface area contributed by atoms with E-state index in [2.05, 4.69) is 10.3 Å². The van der Waals surface area contributed by atoms with Crippen molar-refractivity contribution in [3.8, 4) is 0 Å². The number of benzene rings is 1. The molecule has 0 unspecified atom stereocenters. The van der Waals surface area contributed by atoms with Crippen LogP contribution in [0.3, 0.4) is 0 Å². The zero-order chi connectivity index (χ0) is 14.7. The van der Waals surface area contributed by atoms with Crippen molar-refractivity contribution in [3.63, 3.8) is 0 Å². The summed E-state index contributed by atoms with van der Waals surface area (Å²) in [7, 11) is 0. The van der Waals surface area contributed by atoms with Gasteiger partial charge in [-0.05, 0) is 36.8 Å². The predicted octanol–water partition coefficient (Wildman–Crippen LogP) is 2.48. The number of halogens is 1. The third-order valence-electron chi connectivity index (χ3n) is 2.72. The minimum atomic E-state index is -1.17. The van der Waals surface area contributed by atoms with E-state index in [0.29, 0.717) is 5.56 Å². The van der Waals surface area contributed by atoms with E-state index in [1.54, 1.807) is 6.92 Å². The van der Waals surface area contributed by atoms with Crippen LogP contribution in [0.2, 0.25) is 0 Å². The third kappa shape index (κ3) is 2.80. The van der Waals surface area contributed by atoms with Crippen molar-refractivity contribution in [2.24, 2.45) is 0 Å². The van der Waals surface area contributed by atoms with Crippen LogP contribution in [0.15, 0.2) is 36.7 Å². The van der Waals surface area contributed by atoms with Gasteiger partial charge in [-0.15, -0.1) is 0 Å². The van der Waals surface area contributed by atoms with E-state index in [1.807, 2.05) is 0 Å². The maximum atomic E-state index is 13.1. The van der Waals surface area contributed by atoms with Crippen LogP contribution in [0.5, 0.6) is 0 Å². The molecule has 1 aromatic carbocycles. The Hall–Kier alpha value is -2.76. The molecule has 0 aliphatic rings. The van der Waals surface area contributed by atoms with E-state index in [1.165, 1.54) is 36.7 Å². The quantitative estimate of drug-likeness (QED) is 0.901. The van der Waals surface area contributed by atoms with Gasteiger partial charge in [-0.1, -0.05) is 0 Å². The maximum absolute atomic E-state index is 13.1. The summed E-state index contributed by atoms with van der Waals surface area (Å²) in [4.78, 5) is 26.8. The van der Waals surface area contributed by atoms with Gasteiger partial charge in [-0.25, -0.2) is 9.18 Å². The van der Waals surface area contributed by atoms with Gasteiger partial charge in [0.15, 0.2) is 0 Å². The van der Waals surface area contributed by atoms with Gasteiger partial charge in [0.25, 0.3) is 5.91 Å². The molecule has 0 atom stereocenters. The number of hydrogen-bond donors (Lipinski definition) is 2. The van der Waals surface area contributed by atoms with E-state index in [0.717, 1.165) is 0 Å². The van der Waals surface area contributed by atoms with E-state index < -0.39 is 17.7 Å². The number of nitrogens with one attached hydrogen (secondary N) is 1. The molecule has 1 heterocycles. The van der Waals surface area contributed by atoms with Crippen molar-refractivity contribution >= 4 is 17.6 Å². The topological polar surface area (TPSA) is 79.3 Å². The number of carbonyl (C=O) groups excluding carboxylic acids is 1. The highest BCUT2D eigenvalue weighted by Gasteiger charge is 2.14. The monoisotopic (exact) mass is 274 g/mol. The molecule has 20 heavy (non-hydrogen) atoms. The molecule has 1 aromatic heterocycles. The highest BCUT2D eigenvalue weighted by atomic mass is 19.1. The Kier molecular flexibility index (Phi) is 3.74. The van der Waals surface area contributed by atoms with Crippen molar-refractivity contribution in [1.29, 1.82) is 0 Å². The summed E-state index contributed by atoms with van der Waals surface area (Å²) in [6, 6.07) is 5.19. The lowest BCUT2D eigenvalue weighted by Crippen LogP contribution is -2.15. The second kappa shape index (κ2) is 5.48. The number of aryl methyl sites for hydroxylation is 1. The molecule has 1 amide bonds. The highest BCUT2D eigenvalue weighted by molar-refractivity contribution is 6.07. The summed E-state index contributed by atoms with van der Waals surface area (Å²) in [6.07, 6.45) is 2.57. The first kappa shape index (κ1) is 13.7. The van der Waals surface area contributed by atoms with Gasteiger partial charge in [-0.3, -0.25) is 9.78 Å². The van der Waals surface area contributed by atoms with Crippen LogP contribution >= 0.6 is 0 Å². The van der Waals surface area contributed by atoms with Crippen LogP contribution in [0.4, 0.5) is 10.1 Å². The number of carboxylic acid groups (broad SMARTS) is 1. The fraction of sp³-hybridized carbons (Fsp3) is 0.0714. The van der Waals surface area contributed by atoms with Crippen molar-refractivity contribution < 1.29 is 19.1 Å². The van der Waals surface area contributed by atoms with Crippen LogP contribution in [0, 0.1) is 12.7 Å². The Morgan fingerprint density at radius 3 is 2.70 bits per heavy atom. The molecule has 2 rings (SSSR count). The fourth-order valence-corrected chi connectivity index (χ4v) is 1.66. The number of nitrogens with zero attached hydrogens (tertiary/aromatic N) is 1. The molecule has 2 aromatic rings. The normalized spacial score (nSPS) is 10.1. The number of carboxylic acids is 1. The Morgan fingerprint density at radius 1 is 1.30 bits per heavy atom. The first-order valence-electron chi connectivity index (χ1n) is 5.74. The average molecular weight is 274 g/mol. The molecule has 0 radical (unpaired) electrons. The molecule has 0 bridgehead atoms. The zero-order valence-electron chi connectivity index (χ0n) is 10.6. The van der Waals surface area contributed by atoms with E-state index in [9.17, 15) is 14.0 Å². The zero-order valence-corrected chi connectivity index (χ0v) is 10.6. The number of hydrogen-bond acceptors (Lipinski definition) is 3. The Morgan fingerprint density at radius 2 is 2.05 bits per heavy atom. The lowest BCUT2D eigenvalue weighted by atomic mass is 10.1. The summed E-state index contributed by atoms with van der Waals surface area (Å²) < 4.78 is 13.1. The van der Waals surface area contributed by atoms with Crippen molar-refractivity contribution in [1.82, 2.24) is 4.98 Å². The number of aromatic nitrogens is 1. The molecular formula is C14H11FN2O3. The average Bonchev–Trinajstić information content (AvgIpc) is 2.42. The van der Waals surface area contributed by atoms with Gasteiger partial charge >= 0.3 is 5.97 Å². The van der Waals surface area contributed by atoms with Crippen LogP contribution in [0.25, 0.3) is 0 Å². The van der Waals surface area contributed by atoms with Crippen molar-refractivity contribution in [2.75, 3.05) is 5.32 Å². The maximum Gasteiger partial charge on any atom is 0.337 e. The third-order valence-corrected chi connectivity index (χ3v) is 2.72. The van der Waals surface area contributed by atoms with Crippen LogP contribution < -0.4 is 5.32 Å². The van der Waals surface area contributed by atoms with Crippen molar-refractivity contribution in [2.45, 2.75) is 6.92 Å². The van der Waals surface area contributed by atoms with Crippen LogP contribution in [-0.4, -0.2) is 22.0 Å². The standard InChI is InChI=1S/C14H11FN2O3/c1-8-6-9(2-3-11(8)15)13(18)17-12-7-16-5-4-10(12)14(19)20/h2-7H,1H3,(H,17,18)(H,19,20). The smallest absolute Gasteiger partial charge is 0.337 e. The van der Waals surface area contributed by atoms with E-state index in [4.69, 9.17) is 5.11 Å². The highest BCUT2D eigenvalue weighted by Crippen LogP contribution is 2.16. The molecule has 0 saturated heterocycles. The number of anilines is 1. The summed E-state index contributed by atoms with van der Waals surface area (Å²) >= 11 is 0. The van der Waals surface area contributed by atoms with Gasteiger partial charge in [0, 0.05) is 11.8 Å². The summed E-state index contributed by atoms with van der Waals surface area (Å²) in [5, 5.41) is 11.5. The van der Waals surface area contributed by atoms with Crippen molar-refractivity contribution in [3.05, 3.63) is 59.2 Å². The minimum absolute atomic E-state index is 0.0628. The molecule has 6 heteroatoms. The Balaban J connectivity index is 2.28. The van der Waals surface area contributed by atoms with Gasteiger partial charge in [0.1, 0.15) is 5.82 Å². The lowest BCUT2D eigenvalue weighted by Gasteiger charge is -2.08. The first-order valence-corrected chi connectivity index (χ1v) is 5.74. The molecule has 0 fully saturated rings. The molecule has 0 saturated carbocycles. The minimum Gasteiger partial charge on any atom is -0.478 e. The number of pyridine rings is 1. The van der Waals surface area contributed by atoms with Gasteiger partial charge < -0.3 is 10.4 Å². The summed E-state index contributed by atoms with van der Waals surface area (Å²) in [5.41, 5.74) is 0.602. The Bertz CT molecular complexity index is 686. The number of aromatic carboxylic acids is 1. The van der Waals surface area contributed by atoms with E-state index in [-0.39, 0.29) is 16.8 Å². The fourth-order valence-electron chi connectivity index (χ4n) is 1.66. The second-order valence-corrected chi connectivity index (χ2v) is 4.14. The molecule has 0 aliphatic carbocycles. The largest absolute Gasteiger partial charge is 0.478 e. The number of carbonyl (C=O) groups is 2. The summed E-state index contributed by atoms with van der Waals surface area (Å²) in [5.74, 6) is -2.10. The van der Waals surface area contributed by atoms with Gasteiger partial charge in [0.05, 0.1) is 17.4 Å². The van der Waals surface area contributed by atoms with E-state index >= 15 is 0 Å². The lowest BCUT2D eigenvalue weighted by molar-refractivity contribution is 0.0698. The first-order chi connectivity index (χ1) is 9.49. The molecule has 0 aliphatic heterocycles. The van der Waals surface area contributed by atoms with Crippen LogP contribution in [-0.2, 0) is 0 Å². The molecule has 102 valence electrons. The molecule has 2 N–H and O–H groups in total. The molecule has 0 spiro atoms. The van der Waals surface area contributed by atoms with Gasteiger partial charge in [0.2, 0.25) is 0 Å². The summed E-state index contributed by atoms with van der Waals surface area (Å²) in [6.45, 7) is 1.54. The molecular weight excluding hydrogens is 263 g/mol. The predicted molar refractivity (Wildman–Crippen MR) is 70.3 cm³/mol.